The standard InChI is InChI=1S/C15H26O4/c1-13(2,3)19-12(16)10-18-11-14-4-7-15(17,8-5-14)9-6-14/h17H,4-11H2,1-3H3. The number of carbonyl (C=O) groups excluding carboxylic acids is 1. The van der Waals surface area contributed by atoms with Crippen molar-refractivity contribution in [2.75, 3.05) is 13.2 Å². The van der Waals surface area contributed by atoms with Crippen LogP contribution in [0.1, 0.15) is 59.3 Å². The van der Waals surface area contributed by atoms with Gasteiger partial charge in [0.25, 0.3) is 0 Å². The Balaban J connectivity index is 1.73. The highest BCUT2D eigenvalue weighted by Crippen LogP contribution is 2.52. The highest BCUT2D eigenvalue weighted by molar-refractivity contribution is 5.71. The fourth-order valence-corrected chi connectivity index (χ4v) is 3.18. The zero-order valence-electron chi connectivity index (χ0n) is 12.3. The van der Waals surface area contributed by atoms with Crippen LogP contribution in [0.4, 0.5) is 0 Å². The minimum Gasteiger partial charge on any atom is -0.458 e. The first kappa shape index (κ1) is 14.8. The van der Waals surface area contributed by atoms with E-state index in [1.54, 1.807) is 0 Å². The van der Waals surface area contributed by atoms with Gasteiger partial charge < -0.3 is 14.6 Å². The van der Waals surface area contributed by atoms with E-state index in [9.17, 15) is 9.90 Å². The molecule has 0 amide bonds. The van der Waals surface area contributed by atoms with E-state index in [1.165, 1.54) is 0 Å². The highest BCUT2D eigenvalue weighted by Gasteiger charge is 2.47. The molecule has 0 radical (unpaired) electrons. The van der Waals surface area contributed by atoms with Gasteiger partial charge in [-0.1, -0.05) is 0 Å². The molecule has 0 atom stereocenters. The first-order valence-corrected chi connectivity index (χ1v) is 7.24. The molecule has 2 bridgehead atoms. The molecule has 3 aliphatic rings. The van der Waals surface area contributed by atoms with Gasteiger partial charge in [-0.3, -0.25) is 0 Å². The lowest BCUT2D eigenvalue weighted by molar-refractivity contribution is -0.164. The summed E-state index contributed by atoms with van der Waals surface area (Å²) in [6.07, 6.45) is 5.67. The molecule has 0 heterocycles. The average molecular weight is 270 g/mol. The second-order valence-corrected chi connectivity index (χ2v) is 7.30. The van der Waals surface area contributed by atoms with Gasteiger partial charge in [0.1, 0.15) is 12.2 Å². The fourth-order valence-electron chi connectivity index (χ4n) is 3.18. The van der Waals surface area contributed by atoms with Crippen LogP contribution in [0, 0.1) is 5.41 Å². The third-order valence-corrected chi connectivity index (χ3v) is 4.41. The Morgan fingerprint density at radius 1 is 1.11 bits per heavy atom. The lowest BCUT2D eigenvalue weighted by atomic mass is 9.59. The van der Waals surface area contributed by atoms with E-state index < -0.39 is 11.2 Å². The number of hydrogen-bond acceptors (Lipinski definition) is 4. The van der Waals surface area contributed by atoms with Crippen molar-refractivity contribution in [1.82, 2.24) is 0 Å². The van der Waals surface area contributed by atoms with Crippen LogP contribution in [-0.2, 0) is 14.3 Å². The SMILES string of the molecule is CC(C)(C)OC(=O)COCC12CCC(O)(CC1)CC2. The molecule has 3 saturated carbocycles. The van der Waals surface area contributed by atoms with Crippen molar-refractivity contribution in [2.24, 2.45) is 5.41 Å². The van der Waals surface area contributed by atoms with Gasteiger partial charge in [-0.25, -0.2) is 4.79 Å². The van der Waals surface area contributed by atoms with Crippen LogP contribution in [-0.4, -0.2) is 35.5 Å². The van der Waals surface area contributed by atoms with Crippen LogP contribution in [0.25, 0.3) is 0 Å². The summed E-state index contributed by atoms with van der Waals surface area (Å²) in [6.45, 7) is 6.21. The van der Waals surface area contributed by atoms with Crippen molar-refractivity contribution in [3.05, 3.63) is 0 Å². The number of ether oxygens (including phenoxy) is 2. The van der Waals surface area contributed by atoms with Gasteiger partial charge in [0.05, 0.1) is 12.2 Å². The number of carbonyl (C=O) groups is 1. The molecule has 0 aromatic rings. The molecule has 3 rings (SSSR count). The van der Waals surface area contributed by atoms with E-state index in [-0.39, 0.29) is 18.0 Å². The minimum atomic E-state index is -0.453. The molecule has 3 fully saturated rings. The summed E-state index contributed by atoms with van der Waals surface area (Å²) in [5.41, 5.74) is -0.676. The van der Waals surface area contributed by atoms with Crippen molar-refractivity contribution in [3.8, 4) is 0 Å². The number of hydrogen-bond donors (Lipinski definition) is 1. The largest absolute Gasteiger partial charge is 0.458 e. The van der Waals surface area contributed by atoms with Crippen molar-refractivity contribution in [1.29, 1.82) is 0 Å². The van der Waals surface area contributed by atoms with E-state index >= 15 is 0 Å². The molecule has 110 valence electrons. The summed E-state index contributed by atoms with van der Waals surface area (Å²) in [4.78, 5) is 11.6. The van der Waals surface area contributed by atoms with Crippen molar-refractivity contribution in [2.45, 2.75) is 70.5 Å². The molecule has 0 aliphatic heterocycles. The van der Waals surface area contributed by atoms with Crippen LogP contribution in [0.3, 0.4) is 0 Å². The first-order chi connectivity index (χ1) is 8.72. The van der Waals surface area contributed by atoms with E-state index in [2.05, 4.69) is 0 Å². The Hall–Kier alpha value is -0.610. The molecule has 0 aromatic carbocycles. The van der Waals surface area contributed by atoms with Gasteiger partial charge in [-0.2, -0.15) is 0 Å². The fraction of sp³-hybridized carbons (Fsp3) is 0.933. The first-order valence-electron chi connectivity index (χ1n) is 7.24. The molecule has 19 heavy (non-hydrogen) atoms. The molecule has 4 heteroatoms. The summed E-state index contributed by atoms with van der Waals surface area (Å²) >= 11 is 0. The van der Waals surface area contributed by atoms with Crippen molar-refractivity contribution < 1.29 is 19.4 Å². The Bertz CT molecular complexity index is 318. The second kappa shape index (κ2) is 5.06. The maximum absolute atomic E-state index is 11.6. The molecule has 1 N–H and O–H groups in total. The Morgan fingerprint density at radius 3 is 2.11 bits per heavy atom. The van der Waals surface area contributed by atoms with Gasteiger partial charge in [-0.15, -0.1) is 0 Å². The summed E-state index contributed by atoms with van der Waals surface area (Å²) in [7, 11) is 0. The number of aliphatic hydroxyl groups is 1. The lowest BCUT2D eigenvalue weighted by Gasteiger charge is -2.50. The Morgan fingerprint density at radius 2 is 1.63 bits per heavy atom. The summed E-state index contributed by atoms with van der Waals surface area (Å²) in [6, 6.07) is 0. The third kappa shape index (κ3) is 3.93. The van der Waals surface area contributed by atoms with E-state index in [0.29, 0.717) is 6.61 Å². The monoisotopic (exact) mass is 270 g/mol. The Kier molecular flexibility index (Phi) is 3.94. The number of rotatable bonds is 4. The second-order valence-electron chi connectivity index (χ2n) is 7.30. The Labute approximate surface area is 115 Å². The van der Waals surface area contributed by atoms with Crippen LogP contribution in [0.15, 0.2) is 0 Å². The van der Waals surface area contributed by atoms with Crippen LogP contribution in [0.5, 0.6) is 0 Å². The molecule has 0 unspecified atom stereocenters. The van der Waals surface area contributed by atoms with Crippen molar-refractivity contribution >= 4 is 5.97 Å². The minimum absolute atomic E-state index is 0.0310. The van der Waals surface area contributed by atoms with E-state index in [1.807, 2.05) is 20.8 Å². The molecule has 0 spiro atoms. The molecular weight excluding hydrogens is 244 g/mol. The highest BCUT2D eigenvalue weighted by atomic mass is 16.6. The third-order valence-electron chi connectivity index (χ3n) is 4.41. The maximum atomic E-state index is 11.6. The smallest absolute Gasteiger partial charge is 0.332 e. The predicted octanol–water partition coefficient (Wildman–Crippen LogP) is 2.43. The van der Waals surface area contributed by atoms with Gasteiger partial charge >= 0.3 is 5.97 Å². The zero-order valence-corrected chi connectivity index (χ0v) is 12.3. The summed E-state index contributed by atoms with van der Waals surface area (Å²) < 4.78 is 10.8. The lowest BCUT2D eigenvalue weighted by Crippen LogP contribution is -2.48. The molecular formula is C15H26O4. The average Bonchev–Trinajstić information content (AvgIpc) is 2.29. The maximum Gasteiger partial charge on any atom is 0.332 e. The quantitative estimate of drug-likeness (QED) is 0.797. The molecule has 0 saturated heterocycles. The van der Waals surface area contributed by atoms with Gasteiger partial charge in [-0.05, 0) is 64.7 Å². The van der Waals surface area contributed by atoms with Gasteiger partial charge in [0, 0.05) is 0 Å². The number of esters is 1. The van der Waals surface area contributed by atoms with Crippen LogP contribution < -0.4 is 0 Å². The molecule has 0 aromatic heterocycles. The molecule has 4 nitrogen and oxygen atoms in total. The van der Waals surface area contributed by atoms with E-state index in [0.717, 1.165) is 38.5 Å². The van der Waals surface area contributed by atoms with Gasteiger partial charge in [0.15, 0.2) is 0 Å². The number of fused-ring (bicyclic) bond motifs is 3. The predicted molar refractivity (Wildman–Crippen MR) is 71.7 cm³/mol. The van der Waals surface area contributed by atoms with Crippen LogP contribution >= 0.6 is 0 Å². The summed E-state index contributed by atoms with van der Waals surface area (Å²) in [5, 5.41) is 10.2. The summed E-state index contributed by atoms with van der Waals surface area (Å²) in [5.74, 6) is -0.299. The van der Waals surface area contributed by atoms with Crippen LogP contribution in [0.2, 0.25) is 0 Å². The van der Waals surface area contributed by atoms with Gasteiger partial charge in [0.2, 0.25) is 0 Å². The zero-order chi connectivity index (χ0) is 14.1. The topological polar surface area (TPSA) is 55.8 Å². The van der Waals surface area contributed by atoms with Crippen molar-refractivity contribution in [3.63, 3.8) is 0 Å². The van der Waals surface area contributed by atoms with E-state index in [4.69, 9.17) is 9.47 Å². The molecule has 3 aliphatic carbocycles. The normalized spacial score (nSPS) is 34.3.